The van der Waals surface area contributed by atoms with Crippen LogP contribution in [0.5, 0.6) is 11.5 Å². The van der Waals surface area contributed by atoms with Crippen LogP contribution in [0.4, 0.5) is 0 Å². The number of ether oxygens (including phenoxy) is 2. The number of amides is 1. The van der Waals surface area contributed by atoms with Crippen molar-refractivity contribution in [2.75, 3.05) is 13.3 Å². The van der Waals surface area contributed by atoms with Crippen LogP contribution in [-0.2, 0) is 19.6 Å². The van der Waals surface area contributed by atoms with E-state index in [4.69, 9.17) is 13.9 Å². The van der Waals surface area contributed by atoms with Gasteiger partial charge in [-0.05, 0) is 41.8 Å². The molecule has 0 saturated heterocycles. The van der Waals surface area contributed by atoms with Crippen molar-refractivity contribution in [2.24, 2.45) is 0 Å². The van der Waals surface area contributed by atoms with Gasteiger partial charge in [-0.25, -0.2) is 0 Å². The van der Waals surface area contributed by atoms with Gasteiger partial charge in [-0.3, -0.25) is 9.69 Å². The van der Waals surface area contributed by atoms with E-state index in [1.165, 1.54) is 5.56 Å². The molecule has 6 heteroatoms. The molecule has 0 spiro atoms. The second kappa shape index (κ2) is 9.50. The maximum absolute atomic E-state index is 12.1. The third-order valence-corrected chi connectivity index (χ3v) is 4.89. The van der Waals surface area contributed by atoms with E-state index in [0.29, 0.717) is 25.4 Å². The lowest BCUT2D eigenvalue weighted by atomic mass is 10.1. The molecule has 2 heterocycles. The number of furan rings is 1. The zero-order valence-corrected chi connectivity index (χ0v) is 17.1. The molecule has 0 bridgehead atoms. The zero-order valence-electron chi connectivity index (χ0n) is 17.1. The topological polar surface area (TPSA) is 63.9 Å². The largest absolute Gasteiger partial charge is 0.455 e. The Morgan fingerprint density at radius 1 is 0.933 bits per heavy atom. The lowest BCUT2D eigenvalue weighted by Gasteiger charge is -2.21. The monoisotopic (exact) mass is 406 g/mol. The normalized spacial score (nSPS) is 12.3. The fourth-order valence-corrected chi connectivity index (χ4v) is 3.44. The average Bonchev–Trinajstić information content (AvgIpc) is 3.42. The van der Waals surface area contributed by atoms with Gasteiger partial charge < -0.3 is 19.2 Å². The molecule has 0 fully saturated rings. The molecule has 1 amide bonds. The molecule has 6 nitrogen and oxygen atoms in total. The Hall–Kier alpha value is -3.25. The molecule has 0 radical (unpaired) electrons. The van der Waals surface area contributed by atoms with Crippen molar-refractivity contribution in [3.63, 3.8) is 0 Å². The van der Waals surface area contributed by atoms with Gasteiger partial charge in [0.1, 0.15) is 5.76 Å². The summed E-state index contributed by atoms with van der Waals surface area (Å²) in [7, 11) is 0. The smallest absolute Gasteiger partial charge is 0.286 e. The van der Waals surface area contributed by atoms with Gasteiger partial charge in [0, 0.05) is 19.6 Å². The lowest BCUT2D eigenvalue weighted by Crippen LogP contribution is -2.23. The summed E-state index contributed by atoms with van der Waals surface area (Å²) in [6.07, 6.45) is 0.889. The number of rotatable bonds is 9. The standard InChI is InChI=1S/C24H26N2O4/c1-2-12-25-24(27)22-11-9-20(30-22)16-26(14-18-6-4-3-5-7-18)15-19-8-10-21-23(13-19)29-17-28-21/h3-11,13H,2,12,14-17H2,1H3,(H,25,27). The number of hydrogen-bond acceptors (Lipinski definition) is 5. The number of nitrogens with one attached hydrogen (secondary N) is 1. The van der Waals surface area contributed by atoms with Crippen LogP contribution in [-0.4, -0.2) is 24.1 Å². The highest BCUT2D eigenvalue weighted by Crippen LogP contribution is 2.33. The van der Waals surface area contributed by atoms with Gasteiger partial charge in [0.2, 0.25) is 6.79 Å². The van der Waals surface area contributed by atoms with Crippen molar-refractivity contribution in [1.82, 2.24) is 10.2 Å². The molecule has 0 aliphatic carbocycles. The first-order valence-electron chi connectivity index (χ1n) is 10.2. The van der Waals surface area contributed by atoms with Gasteiger partial charge in [0.25, 0.3) is 5.91 Å². The van der Waals surface area contributed by atoms with Gasteiger partial charge in [0.15, 0.2) is 17.3 Å². The van der Waals surface area contributed by atoms with E-state index >= 15 is 0 Å². The zero-order chi connectivity index (χ0) is 20.8. The third-order valence-electron chi connectivity index (χ3n) is 4.89. The minimum Gasteiger partial charge on any atom is -0.455 e. The summed E-state index contributed by atoms with van der Waals surface area (Å²) in [6.45, 7) is 4.98. The van der Waals surface area contributed by atoms with Crippen LogP contribution in [0.2, 0.25) is 0 Å². The molecule has 1 aliphatic heterocycles. The Morgan fingerprint density at radius 2 is 1.73 bits per heavy atom. The molecule has 2 aromatic carbocycles. The first-order valence-corrected chi connectivity index (χ1v) is 10.2. The van der Waals surface area contributed by atoms with Crippen LogP contribution in [0.25, 0.3) is 0 Å². The summed E-state index contributed by atoms with van der Waals surface area (Å²) in [5, 5.41) is 2.85. The summed E-state index contributed by atoms with van der Waals surface area (Å²) < 4.78 is 16.8. The van der Waals surface area contributed by atoms with Gasteiger partial charge in [-0.15, -0.1) is 0 Å². The van der Waals surface area contributed by atoms with Crippen LogP contribution < -0.4 is 14.8 Å². The van der Waals surface area contributed by atoms with Crippen LogP contribution in [0, 0.1) is 0 Å². The molecular weight excluding hydrogens is 380 g/mol. The predicted octanol–water partition coefficient (Wildman–Crippen LogP) is 4.35. The highest BCUT2D eigenvalue weighted by molar-refractivity contribution is 5.91. The Labute approximate surface area is 176 Å². The molecular formula is C24H26N2O4. The van der Waals surface area contributed by atoms with Gasteiger partial charge in [-0.2, -0.15) is 0 Å². The van der Waals surface area contributed by atoms with E-state index in [9.17, 15) is 4.79 Å². The van der Waals surface area contributed by atoms with Crippen molar-refractivity contribution < 1.29 is 18.7 Å². The molecule has 30 heavy (non-hydrogen) atoms. The maximum atomic E-state index is 12.1. The Morgan fingerprint density at radius 3 is 2.57 bits per heavy atom. The molecule has 0 saturated carbocycles. The summed E-state index contributed by atoms with van der Waals surface area (Å²) in [5.74, 6) is 2.49. The van der Waals surface area contributed by atoms with E-state index < -0.39 is 0 Å². The fourth-order valence-electron chi connectivity index (χ4n) is 3.44. The van der Waals surface area contributed by atoms with E-state index in [2.05, 4.69) is 28.4 Å². The number of nitrogens with zero attached hydrogens (tertiary/aromatic N) is 1. The average molecular weight is 406 g/mol. The fraction of sp³-hybridized carbons (Fsp3) is 0.292. The highest BCUT2D eigenvalue weighted by Gasteiger charge is 2.17. The minimum atomic E-state index is -0.173. The third kappa shape index (κ3) is 5.02. The number of benzene rings is 2. The molecule has 1 N–H and O–H groups in total. The summed E-state index contributed by atoms with van der Waals surface area (Å²) in [6, 6.07) is 19.9. The van der Waals surface area contributed by atoms with Crippen LogP contribution in [0.15, 0.2) is 65.1 Å². The Kier molecular flexibility index (Phi) is 6.35. The van der Waals surface area contributed by atoms with Crippen LogP contribution in [0.3, 0.4) is 0 Å². The van der Waals surface area contributed by atoms with Gasteiger partial charge in [-0.1, -0.05) is 43.3 Å². The SMILES string of the molecule is CCCNC(=O)c1ccc(CN(Cc2ccccc2)Cc2ccc3c(c2)OCO3)o1. The molecule has 1 aliphatic rings. The van der Waals surface area contributed by atoms with Crippen molar-refractivity contribution >= 4 is 5.91 Å². The molecule has 1 aromatic heterocycles. The highest BCUT2D eigenvalue weighted by atomic mass is 16.7. The molecule has 0 atom stereocenters. The number of hydrogen-bond donors (Lipinski definition) is 1. The van der Waals surface area contributed by atoms with Crippen molar-refractivity contribution in [2.45, 2.75) is 33.0 Å². The number of carbonyl (C=O) groups excluding carboxylic acids is 1. The van der Waals surface area contributed by atoms with E-state index in [1.807, 2.05) is 43.3 Å². The number of fused-ring (bicyclic) bond motifs is 1. The van der Waals surface area contributed by atoms with Crippen LogP contribution in [0.1, 0.15) is 40.8 Å². The molecule has 4 rings (SSSR count). The minimum absolute atomic E-state index is 0.173. The molecule has 3 aromatic rings. The second-order valence-electron chi connectivity index (χ2n) is 7.34. The van der Waals surface area contributed by atoms with E-state index in [1.54, 1.807) is 6.07 Å². The Bertz CT molecular complexity index is 984. The molecule has 156 valence electrons. The Balaban J connectivity index is 1.49. The summed E-state index contributed by atoms with van der Waals surface area (Å²) >= 11 is 0. The van der Waals surface area contributed by atoms with E-state index in [0.717, 1.165) is 35.8 Å². The van der Waals surface area contributed by atoms with Crippen molar-refractivity contribution in [3.8, 4) is 11.5 Å². The lowest BCUT2D eigenvalue weighted by molar-refractivity contribution is 0.0921. The quantitative estimate of drug-likeness (QED) is 0.572. The van der Waals surface area contributed by atoms with Crippen molar-refractivity contribution in [1.29, 1.82) is 0 Å². The summed E-state index contributed by atoms with van der Waals surface area (Å²) in [5.41, 5.74) is 2.34. The molecule has 0 unspecified atom stereocenters. The van der Waals surface area contributed by atoms with Crippen molar-refractivity contribution in [3.05, 3.63) is 83.3 Å². The van der Waals surface area contributed by atoms with Crippen LogP contribution >= 0.6 is 0 Å². The predicted molar refractivity (Wildman–Crippen MR) is 113 cm³/mol. The number of carbonyl (C=O) groups is 1. The van der Waals surface area contributed by atoms with Gasteiger partial charge in [0.05, 0.1) is 6.54 Å². The maximum Gasteiger partial charge on any atom is 0.286 e. The van der Waals surface area contributed by atoms with E-state index in [-0.39, 0.29) is 12.7 Å². The first kappa shape index (κ1) is 20.0. The van der Waals surface area contributed by atoms with Gasteiger partial charge >= 0.3 is 0 Å². The summed E-state index contributed by atoms with van der Waals surface area (Å²) in [4.78, 5) is 14.4. The second-order valence-corrected chi connectivity index (χ2v) is 7.34. The first-order chi connectivity index (χ1) is 14.7.